The largest absolute Gasteiger partial charge is 0.616 e. The van der Waals surface area contributed by atoms with E-state index in [-0.39, 0.29) is 22.8 Å². The van der Waals surface area contributed by atoms with E-state index in [0.29, 0.717) is 18.7 Å². The number of benzene rings is 1. The van der Waals surface area contributed by atoms with Crippen LogP contribution in [-0.4, -0.2) is 50.3 Å². The number of likely N-dealkylation sites (tertiary alicyclic amines) is 1. The molecule has 22 heavy (non-hydrogen) atoms. The van der Waals surface area contributed by atoms with Crippen molar-refractivity contribution in [2.75, 3.05) is 19.3 Å². The number of non-ortho nitro benzene ring substituents is 1. The molecule has 1 fully saturated rings. The van der Waals surface area contributed by atoms with Gasteiger partial charge < -0.3 is 14.2 Å². The van der Waals surface area contributed by atoms with Crippen LogP contribution in [0.3, 0.4) is 0 Å². The van der Waals surface area contributed by atoms with Gasteiger partial charge in [-0.1, -0.05) is 11.2 Å². The summed E-state index contributed by atoms with van der Waals surface area (Å²) in [6, 6.07) is 5.81. The van der Waals surface area contributed by atoms with Crippen molar-refractivity contribution < 1.29 is 19.0 Å². The van der Waals surface area contributed by atoms with E-state index in [2.05, 4.69) is 12.6 Å². The lowest BCUT2D eigenvalue weighted by Crippen LogP contribution is -2.32. The summed E-state index contributed by atoms with van der Waals surface area (Å²) in [4.78, 5) is 23.5. The molecule has 0 radical (unpaired) electrons. The molecule has 1 amide bonds. The highest BCUT2D eigenvalue weighted by molar-refractivity contribution is 7.92. The van der Waals surface area contributed by atoms with Gasteiger partial charge in [0.05, 0.1) is 23.0 Å². The highest BCUT2D eigenvalue weighted by Crippen LogP contribution is 2.22. The van der Waals surface area contributed by atoms with Gasteiger partial charge in [-0.2, -0.15) is 12.6 Å². The number of hydrogen-bond donors (Lipinski definition) is 1. The Bertz CT molecular complexity index is 552. The number of carbonyl (C=O) groups is 1. The SMILES string of the molecule is C[S+]([O-])C1CN(C(=O)OCc2ccc([N+](=O)[O-])cc2)CC1S. The van der Waals surface area contributed by atoms with E-state index < -0.39 is 22.2 Å². The maximum absolute atomic E-state index is 12.0. The fraction of sp³-hybridized carbons (Fsp3) is 0.462. The molecule has 1 aromatic carbocycles. The average Bonchev–Trinajstić information content (AvgIpc) is 2.87. The summed E-state index contributed by atoms with van der Waals surface area (Å²) in [6.45, 7) is 0.785. The third-order valence-corrected chi connectivity index (χ3v) is 5.49. The Morgan fingerprint density at radius 2 is 2.09 bits per heavy atom. The lowest BCUT2D eigenvalue weighted by molar-refractivity contribution is -0.384. The number of rotatable bonds is 4. The summed E-state index contributed by atoms with van der Waals surface area (Å²) in [5.41, 5.74) is 0.650. The van der Waals surface area contributed by atoms with Gasteiger partial charge in [0, 0.05) is 18.7 Å². The second-order valence-corrected chi connectivity index (χ2v) is 7.25. The van der Waals surface area contributed by atoms with Gasteiger partial charge in [-0.05, 0) is 17.7 Å². The molecule has 1 aliphatic rings. The first-order valence-electron chi connectivity index (χ1n) is 6.54. The molecule has 7 nitrogen and oxygen atoms in total. The molecule has 0 aliphatic carbocycles. The van der Waals surface area contributed by atoms with Gasteiger partial charge in [-0.15, -0.1) is 0 Å². The molecule has 1 saturated heterocycles. The molecule has 0 spiro atoms. The number of nitro groups is 1. The van der Waals surface area contributed by atoms with E-state index in [9.17, 15) is 19.5 Å². The van der Waals surface area contributed by atoms with E-state index in [1.807, 2.05) is 0 Å². The summed E-state index contributed by atoms with van der Waals surface area (Å²) >= 11 is 3.30. The van der Waals surface area contributed by atoms with Crippen LogP contribution < -0.4 is 0 Å². The summed E-state index contributed by atoms with van der Waals surface area (Å²) in [5, 5.41) is 10.3. The molecule has 1 aromatic rings. The molecular weight excluding hydrogens is 328 g/mol. The fourth-order valence-corrected chi connectivity index (χ4v) is 3.91. The van der Waals surface area contributed by atoms with Crippen LogP contribution in [-0.2, 0) is 22.5 Å². The average molecular weight is 344 g/mol. The van der Waals surface area contributed by atoms with Gasteiger partial charge >= 0.3 is 6.09 Å². The Kier molecular flexibility index (Phi) is 5.54. The Balaban J connectivity index is 1.87. The molecule has 3 atom stereocenters. The summed E-state index contributed by atoms with van der Waals surface area (Å²) in [6.07, 6.45) is 1.10. The maximum Gasteiger partial charge on any atom is 0.410 e. The topological polar surface area (TPSA) is 95.7 Å². The molecule has 0 aromatic heterocycles. The smallest absolute Gasteiger partial charge is 0.410 e. The highest BCUT2D eigenvalue weighted by Gasteiger charge is 2.39. The van der Waals surface area contributed by atoms with Crippen LogP contribution in [0, 0.1) is 10.1 Å². The van der Waals surface area contributed by atoms with Crippen molar-refractivity contribution in [3.8, 4) is 0 Å². The lowest BCUT2D eigenvalue weighted by atomic mass is 10.2. The van der Waals surface area contributed by atoms with Crippen LogP contribution >= 0.6 is 12.6 Å². The predicted octanol–water partition coefficient (Wildman–Crippen LogP) is 1.59. The molecule has 0 saturated carbocycles. The Labute approximate surface area is 136 Å². The van der Waals surface area contributed by atoms with E-state index in [1.54, 1.807) is 18.4 Å². The quantitative estimate of drug-likeness (QED) is 0.387. The molecule has 9 heteroatoms. The van der Waals surface area contributed by atoms with Gasteiger partial charge in [0.15, 0.2) is 0 Å². The van der Waals surface area contributed by atoms with Crippen molar-refractivity contribution in [3.63, 3.8) is 0 Å². The Morgan fingerprint density at radius 3 is 2.59 bits per heavy atom. The van der Waals surface area contributed by atoms with Gasteiger partial charge in [-0.3, -0.25) is 10.1 Å². The van der Waals surface area contributed by atoms with Crippen LogP contribution in [0.2, 0.25) is 0 Å². The zero-order valence-electron chi connectivity index (χ0n) is 11.9. The summed E-state index contributed by atoms with van der Waals surface area (Å²) < 4.78 is 16.7. The van der Waals surface area contributed by atoms with E-state index in [1.165, 1.54) is 17.0 Å². The van der Waals surface area contributed by atoms with E-state index in [0.717, 1.165) is 0 Å². The predicted molar refractivity (Wildman–Crippen MR) is 85.5 cm³/mol. The second kappa shape index (κ2) is 7.21. The normalized spacial score (nSPS) is 22.4. The van der Waals surface area contributed by atoms with Gasteiger partial charge in [0.2, 0.25) is 0 Å². The highest BCUT2D eigenvalue weighted by atomic mass is 32.2. The van der Waals surface area contributed by atoms with Crippen LogP contribution in [0.15, 0.2) is 24.3 Å². The van der Waals surface area contributed by atoms with Crippen molar-refractivity contribution in [1.82, 2.24) is 4.90 Å². The van der Waals surface area contributed by atoms with Crippen LogP contribution in [0.5, 0.6) is 0 Å². The van der Waals surface area contributed by atoms with E-state index >= 15 is 0 Å². The maximum atomic E-state index is 12.0. The van der Waals surface area contributed by atoms with Crippen molar-refractivity contribution >= 4 is 35.6 Å². The van der Waals surface area contributed by atoms with Gasteiger partial charge in [0.25, 0.3) is 5.69 Å². The lowest BCUT2D eigenvalue weighted by Gasteiger charge is -2.16. The number of nitrogens with zero attached hydrogens (tertiary/aromatic N) is 2. The standard InChI is InChI=1S/C13H16N2O5S2/c1-22(19)12-7-14(6-11(12)21)13(16)20-8-9-2-4-10(5-3-9)15(17)18/h2-5,11-12,21H,6-8H2,1H3. The molecule has 3 unspecified atom stereocenters. The first kappa shape index (κ1) is 16.9. The van der Waals surface area contributed by atoms with Crippen molar-refractivity contribution in [1.29, 1.82) is 0 Å². The van der Waals surface area contributed by atoms with Crippen molar-refractivity contribution in [2.24, 2.45) is 0 Å². The summed E-state index contributed by atoms with van der Waals surface area (Å²) in [7, 11) is 0. The number of carbonyl (C=O) groups excluding carboxylic acids is 1. The van der Waals surface area contributed by atoms with Crippen molar-refractivity contribution in [2.45, 2.75) is 17.1 Å². The number of hydrogen-bond acceptors (Lipinski definition) is 6. The van der Waals surface area contributed by atoms with Crippen LogP contribution in [0.25, 0.3) is 0 Å². The number of amides is 1. The minimum atomic E-state index is -1.04. The Morgan fingerprint density at radius 1 is 1.45 bits per heavy atom. The van der Waals surface area contributed by atoms with Gasteiger partial charge in [-0.25, -0.2) is 4.79 Å². The van der Waals surface area contributed by atoms with Crippen LogP contribution in [0.1, 0.15) is 5.56 Å². The number of thiol groups is 1. The number of nitro benzene ring substituents is 1. The molecule has 0 bridgehead atoms. The third kappa shape index (κ3) is 4.05. The molecule has 0 N–H and O–H groups in total. The van der Waals surface area contributed by atoms with Crippen LogP contribution in [0.4, 0.5) is 10.5 Å². The molecule has 1 heterocycles. The van der Waals surface area contributed by atoms with Gasteiger partial charge in [0.1, 0.15) is 11.9 Å². The van der Waals surface area contributed by atoms with E-state index in [4.69, 9.17) is 4.74 Å². The van der Waals surface area contributed by atoms with Crippen molar-refractivity contribution in [3.05, 3.63) is 39.9 Å². The molecule has 1 aliphatic heterocycles. The Hall–Kier alpha value is -1.45. The molecular formula is C13H16N2O5S2. The third-order valence-electron chi connectivity index (χ3n) is 3.43. The molecule has 120 valence electrons. The minimum absolute atomic E-state index is 0.0131. The first-order chi connectivity index (χ1) is 10.4. The fourth-order valence-electron chi connectivity index (χ4n) is 2.18. The first-order valence-corrected chi connectivity index (χ1v) is 8.67. The minimum Gasteiger partial charge on any atom is -0.616 e. The molecule has 2 rings (SSSR count). The number of ether oxygens (including phenoxy) is 1. The zero-order valence-corrected chi connectivity index (χ0v) is 13.6. The summed E-state index contributed by atoms with van der Waals surface area (Å²) in [5.74, 6) is 0. The zero-order chi connectivity index (χ0) is 16.3. The second-order valence-electron chi connectivity index (χ2n) is 4.99. The monoisotopic (exact) mass is 344 g/mol.